The molecular formula is C14H14F3NO. The van der Waals surface area contributed by atoms with Crippen molar-refractivity contribution in [2.45, 2.75) is 25.6 Å². The van der Waals surface area contributed by atoms with Crippen LogP contribution in [0.4, 0.5) is 13.2 Å². The summed E-state index contributed by atoms with van der Waals surface area (Å²) in [7, 11) is 0. The van der Waals surface area contributed by atoms with Crippen LogP contribution in [-0.2, 0) is 12.6 Å². The van der Waals surface area contributed by atoms with E-state index < -0.39 is 17.8 Å². The van der Waals surface area contributed by atoms with Crippen LogP contribution in [0, 0.1) is 0 Å². The molecule has 1 atom stereocenters. The Morgan fingerprint density at radius 1 is 1.26 bits per heavy atom. The van der Waals surface area contributed by atoms with E-state index in [1.807, 2.05) is 6.92 Å². The first-order chi connectivity index (χ1) is 8.93. The molecule has 0 aliphatic rings. The minimum Gasteiger partial charge on any atom is -0.469 e. The maximum Gasteiger partial charge on any atom is 0.416 e. The van der Waals surface area contributed by atoms with Gasteiger partial charge >= 0.3 is 6.18 Å². The van der Waals surface area contributed by atoms with Crippen molar-refractivity contribution in [2.75, 3.05) is 0 Å². The molecule has 0 aliphatic carbocycles. The molecule has 0 radical (unpaired) electrons. The predicted octanol–water partition coefficient (Wildman–Crippen LogP) is 3.91. The number of hydrogen-bond donors (Lipinski definition) is 1. The van der Waals surface area contributed by atoms with Crippen molar-refractivity contribution in [3.8, 4) is 0 Å². The standard InChI is InChI=1S/C14H14F3NO/c1-2-12-11(6-7-19-12)13(18)9-4-3-5-10(8-9)14(15,16)17/h3-8,13H,2,18H2,1H3. The van der Waals surface area contributed by atoms with E-state index in [0.29, 0.717) is 17.7 Å². The zero-order chi connectivity index (χ0) is 14.0. The number of furan rings is 1. The summed E-state index contributed by atoms with van der Waals surface area (Å²) in [4.78, 5) is 0. The van der Waals surface area contributed by atoms with Crippen LogP contribution in [-0.4, -0.2) is 0 Å². The molecule has 2 rings (SSSR count). The summed E-state index contributed by atoms with van der Waals surface area (Å²) in [6.07, 6.45) is -2.21. The highest BCUT2D eigenvalue weighted by atomic mass is 19.4. The molecule has 0 saturated carbocycles. The maximum absolute atomic E-state index is 12.7. The molecule has 0 bridgehead atoms. The van der Waals surface area contributed by atoms with Gasteiger partial charge < -0.3 is 10.2 Å². The minimum atomic E-state index is -4.36. The maximum atomic E-state index is 12.7. The van der Waals surface area contributed by atoms with Gasteiger partial charge in [-0.15, -0.1) is 0 Å². The van der Waals surface area contributed by atoms with Crippen molar-refractivity contribution in [1.82, 2.24) is 0 Å². The lowest BCUT2D eigenvalue weighted by atomic mass is 9.97. The molecule has 2 N–H and O–H groups in total. The second kappa shape index (κ2) is 5.09. The van der Waals surface area contributed by atoms with Crippen molar-refractivity contribution in [3.05, 3.63) is 59.0 Å². The van der Waals surface area contributed by atoms with E-state index in [2.05, 4.69) is 0 Å². The number of rotatable bonds is 3. The highest BCUT2D eigenvalue weighted by Gasteiger charge is 2.31. The van der Waals surface area contributed by atoms with Crippen LogP contribution in [0.3, 0.4) is 0 Å². The van der Waals surface area contributed by atoms with Gasteiger partial charge in [0.15, 0.2) is 0 Å². The molecule has 2 aromatic rings. The van der Waals surface area contributed by atoms with Crippen LogP contribution in [0.1, 0.15) is 35.4 Å². The average Bonchev–Trinajstić information content (AvgIpc) is 2.85. The molecule has 2 nitrogen and oxygen atoms in total. The van der Waals surface area contributed by atoms with Crippen LogP contribution in [0.15, 0.2) is 41.0 Å². The Morgan fingerprint density at radius 3 is 2.63 bits per heavy atom. The van der Waals surface area contributed by atoms with Gasteiger partial charge in [0, 0.05) is 12.0 Å². The summed E-state index contributed by atoms with van der Waals surface area (Å²) in [6.45, 7) is 1.90. The number of aryl methyl sites for hydroxylation is 1. The van der Waals surface area contributed by atoms with E-state index in [9.17, 15) is 13.2 Å². The van der Waals surface area contributed by atoms with Crippen molar-refractivity contribution in [1.29, 1.82) is 0 Å². The van der Waals surface area contributed by atoms with Gasteiger partial charge in [-0.1, -0.05) is 19.1 Å². The molecule has 0 amide bonds. The molecule has 1 unspecified atom stereocenters. The van der Waals surface area contributed by atoms with Crippen LogP contribution >= 0.6 is 0 Å². The molecule has 1 heterocycles. The Hall–Kier alpha value is -1.75. The Kier molecular flexibility index (Phi) is 3.66. The normalized spacial score (nSPS) is 13.5. The van der Waals surface area contributed by atoms with Crippen LogP contribution in [0.25, 0.3) is 0 Å². The van der Waals surface area contributed by atoms with Gasteiger partial charge in [0.25, 0.3) is 0 Å². The molecule has 1 aromatic carbocycles. The van der Waals surface area contributed by atoms with E-state index in [1.165, 1.54) is 12.3 Å². The number of alkyl halides is 3. The monoisotopic (exact) mass is 269 g/mol. The van der Waals surface area contributed by atoms with E-state index >= 15 is 0 Å². The molecule has 0 aliphatic heterocycles. The number of benzene rings is 1. The van der Waals surface area contributed by atoms with E-state index in [0.717, 1.165) is 17.7 Å². The first-order valence-corrected chi connectivity index (χ1v) is 5.92. The smallest absolute Gasteiger partial charge is 0.416 e. The van der Waals surface area contributed by atoms with E-state index in [1.54, 1.807) is 12.1 Å². The van der Waals surface area contributed by atoms with E-state index in [4.69, 9.17) is 10.2 Å². The summed E-state index contributed by atoms with van der Waals surface area (Å²) in [6, 6.07) is 6.15. The molecular weight excluding hydrogens is 255 g/mol. The Balaban J connectivity index is 2.37. The second-order valence-corrected chi connectivity index (χ2v) is 4.25. The van der Waals surface area contributed by atoms with Crippen molar-refractivity contribution >= 4 is 0 Å². The van der Waals surface area contributed by atoms with Gasteiger partial charge in [0.05, 0.1) is 17.9 Å². The lowest BCUT2D eigenvalue weighted by Gasteiger charge is -2.14. The quantitative estimate of drug-likeness (QED) is 0.917. The largest absolute Gasteiger partial charge is 0.469 e. The predicted molar refractivity (Wildman–Crippen MR) is 65.6 cm³/mol. The lowest BCUT2D eigenvalue weighted by molar-refractivity contribution is -0.137. The van der Waals surface area contributed by atoms with Crippen molar-refractivity contribution in [3.63, 3.8) is 0 Å². The molecule has 19 heavy (non-hydrogen) atoms. The van der Waals surface area contributed by atoms with Gasteiger partial charge in [-0.2, -0.15) is 13.2 Å². The highest BCUT2D eigenvalue weighted by Crippen LogP contribution is 2.32. The lowest BCUT2D eigenvalue weighted by Crippen LogP contribution is -2.14. The molecule has 0 spiro atoms. The van der Waals surface area contributed by atoms with Gasteiger partial charge in [-0.3, -0.25) is 0 Å². The zero-order valence-corrected chi connectivity index (χ0v) is 10.4. The fourth-order valence-electron chi connectivity index (χ4n) is 2.00. The molecule has 102 valence electrons. The summed E-state index contributed by atoms with van der Waals surface area (Å²) in [5.41, 5.74) is 6.48. The third-order valence-corrected chi connectivity index (χ3v) is 3.01. The average molecular weight is 269 g/mol. The number of nitrogens with two attached hydrogens (primary N) is 1. The van der Waals surface area contributed by atoms with Crippen LogP contribution < -0.4 is 5.73 Å². The van der Waals surface area contributed by atoms with Gasteiger partial charge in [-0.05, 0) is 23.8 Å². The number of hydrogen-bond acceptors (Lipinski definition) is 2. The SMILES string of the molecule is CCc1occc1C(N)c1cccc(C(F)(F)F)c1. The first kappa shape index (κ1) is 13.7. The summed E-state index contributed by atoms with van der Waals surface area (Å²) in [5.74, 6) is 0.699. The Labute approximate surface area is 109 Å². The summed E-state index contributed by atoms with van der Waals surface area (Å²) < 4.78 is 43.2. The number of halogens is 3. The third-order valence-electron chi connectivity index (χ3n) is 3.01. The fraction of sp³-hybridized carbons (Fsp3) is 0.286. The van der Waals surface area contributed by atoms with Crippen LogP contribution in [0.5, 0.6) is 0 Å². The van der Waals surface area contributed by atoms with Crippen molar-refractivity contribution < 1.29 is 17.6 Å². The summed E-state index contributed by atoms with van der Waals surface area (Å²) >= 11 is 0. The zero-order valence-electron chi connectivity index (χ0n) is 10.4. The molecule has 0 saturated heterocycles. The Bertz CT molecular complexity index is 560. The van der Waals surface area contributed by atoms with Gasteiger partial charge in [-0.25, -0.2) is 0 Å². The highest BCUT2D eigenvalue weighted by molar-refractivity contribution is 5.35. The van der Waals surface area contributed by atoms with E-state index in [-0.39, 0.29) is 0 Å². The molecule has 1 aromatic heterocycles. The second-order valence-electron chi connectivity index (χ2n) is 4.25. The topological polar surface area (TPSA) is 39.2 Å². The van der Waals surface area contributed by atoms with Crippen LogP contribution in [0.2, 0.25) is 0 Å². The van der Waals surface area contributed by atoms with Gasteiger partial charge in [0.2, 0.25) is 0 Å². The van der Waals surface area contributed by atoms with Gasteiger partial charge in [0.1, 0.15) is 5.76 Å². The fourth-order valence-corrected chi connectivity index (χ4v) is 2.00. The Morgan fingerprint density at radius 2 is 2.00 bits per heavy atom. The summed E-state index contributed by atoms with van der Waals surface area (Å²) in [5, 5.41) is 0. The molecule has 0 fully saturated rings. The third kappa shape index (κ3) is 2.81. The van der Waals surface area contributed by atoms with Crippen molar-refractivity contribution in [2.24, 2.45) is 5.73 Å². The minimum absolute atomic E-state index is 0.422. The first-order valence-electron chi connectivity index (χ1n) is 5.92. The molecule has 5 heteroatoms.